The van der Waals surface area contributed by atoms with Crippen LogP contribution < -0.4 is 0 Å². The molecule has 132 valence electrons. The highest BCUT2D eigenvalue weighted by molar-refractivity contribution is 7.91. The van der Waals surface area contributed by atoms with Crippen LogP contribution in [0.15, 0.2) is 29.2 Å². The summed E-state index contributed by atoms with van der Waals surface area (Å²) in [5.74, 6) is -1.36. The van der Waals surface area contributed by atoms with Crippen LogP contribution in [0.5, 0.6) is 0 Å². The van der Waals surface area contributed by atoms with Crippen LogP contribution in [0.25, 0.3) is 0 Å². The van der Waals surface area contributed by atoms with Crippen molar-refractivity contribution in [2.75, 3.05) is 18.8 Å². The number of hydrogen-bond acceptors (Lipinski definition) is 5. The standard InChI is InChI=1S/C16H21NO6S/c1-3-24(21,22)13-6-4-5-12(7-13)8-15(18)17-9-11(2)23-14(10-17)16(19)20/h4-7,11,14H,3,8-10H2,1-2H3,(H,19,20)/t11-,14?/m1/s1. The number of hydrogen-bond donors (Lipinski definition) is 1. The second-order valence-corrected chi connectivity index (χ2v) is 8.08. The SMILES string of the molecule is CCS(=O)(=O)c1cccc(CC(=O)N2CC(C(=O)O)O[C@H](C)C2)c1. The zero-order chi connectivity index (χ0) is 17.9. The van der Waals surface area contributed by atoms with Gasteiger partial charge in [0.25, 0.3) is 0 Å². The van der Waals surface area contributed by atoms with Crippen molar-refractivity contribution >= 4 is 21.7 Å². The molecule has 1 amide bonds. The van der Waals surface area contributed by atoms with Crippen LogP contribution in [0.4, 0.5) is 0 Å². The molecule has 1 heterocycles. The Balaban J connectivity index is 2.12. The van der Waals surface area contributed by atoms with Crippen LogP contribution in [0.3, 0.4) is 0 Å². The van der Waals surface area contributed by atoms with Gasteiger partial charge >= 0.3 is 5.97 Å². The second-order valence-electron chi connectivity index (χ2n) is 5.80. The summed E-state index contributed by atoms with van der Waals surface area (Å²) < 4.78 is 29.1. The highest BCUT2D eigenvalue weighted by atomic mass is 32.2. The molecule has 0 aliphatic carbocycles. The minimum atomic E-state index is -3.33. The number of aliphatic carboxylic acids is 1. The first-order chi connectivity index (χ1) is 11.2. The van der Waals surface area contributed by atoms with Gasteiger partial charge in [0.1, 0.15) is 0 Å². The van der Waals surface area contributed by atoms with Crippen LogP contribution >= 0.6 is 0 Å². The molecule has 1 aliphatic rings. The van der Waals surface area contributed by atoms with E-state index in [0.717, 1.165) is 0 Å². The zero-order valence-electron chi connectivity index (χ0n) is 13.6. The number of morpholine rings is 1. The molecular formula is C16H21NO6S. The van der Waals surface area contributed by atoms with Crippen molar-refractivity contribution in [2.45, 2.75) is 37.4 Å². The van der Waals surface area contributed by atoms with E-state index in [1.807, 2.05) is 0 Å². The molecule has 24 heavy (non-hydrogen) atoms. The number of amides is 1. The molecule has 2 atom stereocenters. The number of carboxylic acid groups (broad SMARTS) is 1. The van der Waals surface area contributed by atoms with Crippen molar-refractivity contribution in [2.24, 2.45) is 0 Å². The van der Waals surface area contributed by atoms with Crippen molar-refractivity contribution in [3.8, 4) is 0 Å². The van der Waals surface area contributed by atoms with E-state index in [9.17, 15) is 18.0 Å². The van der Waals surface area contributed by atoms with E-state index in [4.69, 9.17) is 9.84 Å². The van der Waals surface area contributed by atoms with Crippen molar-refractivity contribution < 1.29 is 27.9 Å². The van der Waals surface area contributed by atoms with Crippen LogP contribution in [-0.4, -0.2) is 61.4 Å². The third kappa shape index (κ3) is 4.33. The van der Waals surface area contributed by atoms with Crippen molar-refractivity contribution in [1.82, 2.24) is 4.90 Å². The molecule has 0 saturated carbocycles. The van der Waals surface area contributed by atoms with Gasteiger partial charge in [-0.05, 0) is 24.6 Å². The summed E-state index contributed by atoms with van der Waals surface area (Å²) in [7, 11) is -3.33. The Kier molecular flexibility index (Phi) is 5.61. The maximum absolute atomic E-state index is 12.4. The van der Waals surface area contributed by atoms with Gasteiger partial charge in [-0.2, -0.15) is 0 Å². The molecule has 1 aromatic carbocycles. The molecule has 1 saturated heterocycles. The van der Waals surface area contributed by atoms with E-state index >= 15 is 0 Å². The highest BCUT2D eigenvalue weighted by Crippen LogP contribution is 2.16. The number of benzene rings is 1. The molecule has 1 fully saturated rings. The Bertz CT molecular complexity index is 730. The number of nitrogens with zero attached hydrogens (tertiary/aromatic N) is 1. The predicted molar refractivity (Wildman–Crippen MR) is 86.4 cm³/mol. The number of carboxylic acids is 1. The van der Waals surface area contributed by atoms with E-state index in [0.29, 0.717) is 12.1 Å². The Hall–Kier alpha value is -1.93. The van der Waals surface area contributed by atoms with Crippen LogP contribution in [0, 0.1) is 0 Å². The normalized spacial score (nSPS) is 21.5. The quantitative estimate of drug-likeness (QED) is 0.835. The lowest BCUT2D eigenvalue weighted by Crippen LogP contribution is -2.52. The molecule has 0 spiro atoms. The van der Waals surface area contributed by atoms with Crippen LogP contribution in [-0.2, 0) is 30.6 Å². The van der Waals surface area contributed by atoms with Gasteiger partial charge in [0, 0.05) is 6.54 Å². The monoisotopic (exact) mass is 355 g/mol. The molecule has 0 bridgehead atoms. The highest BCUT2D eigenvalue weighted by Gasteiger charge is 2.32. The fourth-order valence-electron chi connectivity index (χ4n) is 2.59. The summed E-state index contributed by atoms with van der Waals surface area (Å²) in [5.41, 5.74) is 0.584. The fraction of sp³-hybridized carbons (Fsp3) is 0.500. The Morgan fingerprint density at radius 2 is 2.04 bits per heavy atom. The van der Waals surface area contributed by atoms with Gasteiger partial charge in [0.2, 0.25) is 5.91 Å². The topological polar surface area (TPSA) is 101 Å². The minimum Gasteiger partial charge on any atom is -0.479 e. The van der Waals surface area contributed by atoms with Gasteiger partial charge in [0.05, 0.1) is 29.7 Å². The predicted octanol–water partition coefficient (Wildman–Crippen LogP) is 0.723. The van der Waals surface area contributed by atoms with Crippen molar-refractivity contribution in [1.29, 1.82) is 0 Å². The van der Waals surface area contributed by atoms with Gasteiger partial charge in [-0.3, -0.25) is 4.79 Å². The van der Waals surface area contributed by atoms with E-state index in [1.165, 1.54) is 17.0 Å². The Morgan fingerprint density at radius 1 is 1.33 bits per heavy atom. The maximum atomic E-state index is 12.4. The third-order valence-electron chi connectivity index (χ3n) is 3.88. The van der Waals surface area contributed by atoms with E-state index in [2.05, 4.69) is 0 Å². The first-order valence-electron chi connectivity index (χ1n) is 7.70. The molecule has 1 aromatic rings. The number of rotatable bonds is 5. The molecule has 0 aromatic heterocycles. The van der Waals surface area contributed by atoms with Gasteiger partial charge in [-0.15, -0.1) is 0 Å². The minimum absolute atomic E-state index is 0.00826. The number of carbonyl (C=O) groups is 2. The number of sulfone groups is 1. The first kappa shape index (κ1) is 18.4. The van der Waals surface area contributed by atoms with Gasteiger partial charge in [0.15, 0.2) is 15.9 Å². The Morgan fingerprint density at radius 3 is 2.67 bits per heavy atom. The van der Waals surface area contributed by atoms with E-state index in [-0.39, 0.29) is 35.6 Å². The average Bonchev–Trinajstić information content (AvgIpc) is 2.54. The lowest BCUT2D eigenvalue weighted by Gasteiger charge is -2.35. The molecule has 1 aliphatic heterocycles. The summed E-state index contributed by atoms with van der Waals surface area (Å²) in [5, 5.41) is 9.07. The average molecular weight is 355 g/mol. The smallest absolute Gasteiger partial charge is 0.334 e. The van der Waals surface area contributed by atoms with Crippen molar-refractivity contribution in [3.63, 3.8) is 0 Å². The summed E-state index contributed by atoms with van der Waals surface area (Å²) in [6.07, 6.45) is -1.38. The molecule has 1 N–H and O–H groups in total. The first-order valence-corrected chi connectivity index (χ1v) is 9.36. The van der Waals surface area contributed by atoms with Gasteiger partial charge in [-0.25, -0.2) is 13.2 Å². The lowest BCUT2D eigenvalue weighted by molar-refractivity contribution is -0.166. The molecular weight excluding hydrogens is 334 g/mol. The lowest BCUT2D eigenvalue weighted by atomic mass is 10.1. The second kappa shape index (κ2) is 7.31. The summed E-state index contributed by atoms with van der Waals surface area (Å²) >= 11 is 0. The molecule has 1 unspecified atom stereocenters. The van der Waals surface area contributed by atoms with Gasteiger partial charge in [-0.1, -0.05) is 19.1 Å². The number of carbonyl (C=O) groups excluding carboxylic acids is 1. The maximum Gasteiger partial charge on any atom is 0.334 e. The number of ether oxygens (including phenoxy) is 1. The summed E-state index contributed by atoms with van der Waals surface area (Å²) in [6.45, 7) is 3.58. The summed E-state index contributed by atoms with van der Waals surface area (Å²) in [6, 6.07) is 6.29. The molecule has 8 heteroatoms. The fourth-order valence-corrected chi connectivity index (χ4v) is 3.54. The van der Waals surface area contributed by atoms with E-state index < -0.39 is 21.9 Å². The van der Waals surface area contributed by atoms with E-state index in [1.54, 1.807) is 26.0 Å². The molecule has 0 radical (unpaired) electrons. The van der Waals surface area contributed by atoms with Gasteiger partial charge < -0.3 is 14.7 Å². The van der Waals surface area contributed by atoms with Crippen LogP contribution in [0.1, 0.15) is 19.4 Å². The molecule has 2 rings (SSSR count). The van der Waals surface area contributed by atoms with Crippen molar-refractivity contribution in [3.05, 3.63) is 29.8 Å². The van der Waals surface area contributed by atoms with Crippen LogP contribution in [0.2, 0.25) is 0 Å². The summed E-state index contributed by atoms with van der Waals surface area (Å²) in [4.78, 5) is 25.2. The third-order valence-corrected chi connectivity index (χ3v) is 5.61. The largest absolute Gasteiger partial charge is 0.479 e. The zero-order valence-corrected chi connectivity index (χ0v) is 14.5. The Labute approximate surface area is 141 Å². The molecule has 7 nitrogen and oxygen atoms in total.